The van der Waals surface area contributed by atoms with Crippen LogP contribution in [-0.4, -0.2) is 75.0 Å². The molecule has 1 fully saturated rings. The van der Waals surface area contributed by atoms with Crippen molar-refractivity contribution in [1.29, 1.82) is 0 Å². The van der Waals surface area contributed by atoms with E-state index in [1.807, 2.05) is 0 Å². The second-order valence-corrected chi connectivity index (χ2v) is 8.27. The van der Waals surface area contributed by atoms with Crippen molar-refractivity contribution in [1.82, 2.24) is 14.5 Å². The molecule has 1 atom stereocenters. The molecule has 0 spiro atoms. The van der Waals surface area contributed by atoms with Gasteiger partial charge in [-0.15, -0.1) is 0 Å². The first kappa shape index (κ1) is 22.6. The molecule has 2 N–H and O–H groups in total. The number of carbonyl (C=O) groups excluding carboxylic acids is 3. The zero-order chi connectivity index (χ0) is 21.6. The van der Waals surface area contributed by atoms with Gasteiger partial charge in [-0.25, -0.2) is 13.2 Å². The molecule has 1 heterocycles. The molecule has 1 aliphatic heterocycles. The minimum atomic E-state index is -3.91. The number of piperazine rings is 1. The second-order valence-electron chi connectivity index (χ2n) is 6.56. The van der Waals surface area contributed by atoms with Crippen LogP contribution in [0.25, 0.3) is 0 Å². The van der Waals surface area contributed by atoms with Gasteiger partial charge in [-0.3, -0.25) is 9.59 Å². The molecule has 0 radical (unpaired) electrons. The highest BCUT2D eigenvalue weighted by atomic mass is 32.2. The molecule has 0 saturated carbocycles. The lowest BCUT2D eigenvalue weighted by atomic mass is 10.2. The fourth-order valence-corrected chi connectivity index (χ4v) is 4.07. The number of sulfonamides is 1. The van der Waals surface area contributed by atoms with Crippen molar-refractivity contribution >= 4 is 33.6 Å². The molecule has 1 saturated heterocycles. The van der Waals surface area contributed by atoms with Crippen LogP contribution in [0.5, 0.6) is 0 Å². The lowest BCUT2D eigenvalue weighted by Crippen LogP contribution is -2.55. The van der Waals surface area contributed by atoms with Gasteiger partial charge >= 0.3 is 6.09 Å². The van der Waals surface area contributed by atoms with Crippen molar-refractivity contribution in [3.63, 3.8) is 0 Å². The number of ether oxygens (including phenoxy) is 1. The van der Waals surface area contributed by atoms with E-state index in [1.54, 1.807) is 6.92 Å². The first-order valence-electron chi connectivity index (χ1n) is 9.24. The number of nitrogens with one attached hydrogen (secondary N) is 2. The van der Waals surface area contributed by atoms with Crippen LogP contribution in [0.1, 0.15) is 20.8 Å². The van der Waals surface area contributed by atoms with Gasteiger partial charge in [-0.2, -0.15) is 4.72 Å². The van der Waals surface area contributed by atoms with Crippen molar-refractivity contribution in [2.24, 2.45) is 0 Å². The van der Waals surface area contributed by atoms with E-state index in [1.165, 1.54) is 47.9 Å². The Hall–Kier alpha value is -2.66. The van der Waals surface area contributed by atoms with Gasteiger partial charge in [0.25, 0.3) is 0 Å². The van der Waals surface area contributed by atoms with Gasteiger partial charge in [0, 0.05) is 38.8 Å². The third-order valence-corrected chi connectivity index (χ3v) is 5.86. The predicted molar refractivity (Wildman–Crippen MR) is 106 cm³/mol. The van der Waals surface area contributed by atoms with E-state index in [0.29, 0.717) is 31.9 Å². The maximum absolute atomic E-state index is 12.6. The number of benzene rings is 1. The van der Waals surface area contributed by atoms with Gasteiger partial charge in [0.05, 0.1) is 17.5 Å². The van der Waals surface area contributed by atoms with Crippen molar-refractivity contribution in [3.05, 3.63) is 24.3 Å². The van der Waals surface area contributed by atoms with Crippen LogP contribution in [-0.2, 0) is 24.3 Å². The van der Waals surface area contributed by atoms with Crippen molar-refractivity contribution in [3.8, 4) is 0 Å². The predicted octanol–water partition coefficient (Wildman–Crippen LogP) is 0.613. The van der Waals surface area contributed by atoms with Crippen LogP contribution in [0.15, 0.2) is 29.2 Å². The summed E-state index contributed by atoms with van der Waals surface area (Å²) in [4.78, 5) is 38.4. The molecule has 29 heavy (non-hydrogen) atoms. The summed E-state index contributed by atoms with van der Waals surface area (Å²) in [6.45, 7) is 6.09. The number of rotatable bonds is 6. The van der Waals surface area contributed by atoms with Gasteiger partial charge in [0.1, 0.15) is 0 Å². The molecule has 2 rings (SSSR count). The smallest absolute Gasteiger partial charge is 0.409 e. The molecule has 3 amide bonds. The lowest BCUT2D eigenvalue weighted by molar-refractivity contribution is -0.134. The molecule has 11 heteroatoms. The van der Waals surface area contributed by atoms with Gasteiger partial charge in [0.2, 0.25) is 21.8 Å². The van der Waals surface area contributed by atoms with E-state index in [0.717, 1.165) is 0 Å². The minimum Gasteiger partial charge on any atom is -0.450 e. The number of hydrogen-bond donors (Lipinski definition) is 2. The summed E-state index contributed by atoms with van der Waals surface area (Å²) < 4.78 is 32.4. The third kappa shape index (κ3) is 6.16. The van der Waals surface area contributed by atoms with Crippen molar-refractivity contribution < 1.29 is 27.5 Å². The van der Waals surface area contributed by atoms with Gasteiger partial charge in [-0.1, -0.05) is 0 Å². The normalized spacial score (nSPS) is 15.6. The molecule has 160 valence electrons. The summed E-state index contributed by atoms with van der Waals surface area (Å²) in [6.07, 6.45) is -0.420. The molecule has 10 nitrogen and oxygen atoms in total. The van der Waals surface area contributed by atoms with E-state index in [4.69, 9.17) is 4.74 Å². The maximum atomic E-state index is 12.6. The zero-order valence-corrected chi connectivity index (χ0v) is 17.5. The van der Waals surface area contributed by atoms with Crippen molar-refractivity contribution in [2.45, 2.75) is 31.7 Å². The first-order valence-corrected chi connectivity index (χ1v) is 10.7. The fourth-order valence-electron chi connectivity index (χ4n) is 2.87. The van der Waals surface area contributed by atoms with E-state index in [-0.39, 0.29) is 23.3 Å². The van der Waals surface area contributed by atoms with E-state index in [9.17, 15) is 22.8 Å². The van der Waals surface area contributed by atoms with Crippen LogP contribution in [0.2, 0.25) is 0 Å². The van der Waals surface area contributed by atoms with Gasteiger partial charge < -0.3 is 19.9 Å². The maximum Gasteiger partial charge on any atom is 0.409 e. The Morgan fingerprint density at radius 3 is 2.14 bits per heavy atom. The highest BCUT2D eigenvalue weighted by molar-refractivity contribution is 7.89. The van der Waals surface area contributed by atoms with Gasteiger partial charge in [-0.05, 0) is 38.1 Å². The summed E-state index contributed by atoms with van der Waals surface area (Å²) in [5.41, 5.74) is 0.472. The van der Waals surface area contributed by atoms with Crippen LogP contribution in [0, 0.1) is 0 Å². The monoisotopic (exact) mass is 426 g/mol. The number of carbonyl (C=O) groups is 3. The summed E-state index contributed by atoms with van der Waals surface area (Å²) in [5, 5.41) is 2.55. The van der Waals surface area contributed by atoms with E-state index < -0.39 is 22.2 Å². The minimum absolute atomic E-state index is 0.0154. The largest absolute Gasteiger partial charge is 0.450 e. The molecular formula is C18H26N4O6S. The highest BCUT2D eigenvalue weighted by Gasteiger charge is 2.29. The molecule has 1 aliphatic rings. The third-order valence-electron chi connectivity index (χ3n) is 4.30. The Morgan fingerprint density at radius 1 is 1.07 bits per heavy atom. The molecule has 0 aromatic heterocycles. The molecule has 1 aromatic carbocycles. The Bertz CT molecular complexity index is 848. The average molecular weight is 426 g/mol. The van der Waals surface area contributed by atoms with Crippen LogP contribution in [0.4, 0.5) is 10.5 Å². The quantitative estimate of drug-likeness (QED) is 0.687. The SMILES string of the molecule is CCOC(=O)N1CCN(C(=O)[C@H](C)NS(=O)(=O)c2ccc(NC(C)=O)cc2)CC1. The molecule has 0 bridgehead atoms. The summed E-state index contributed by atoms with van der Waals surface area (Å²) >= 11 is 0. The van der Waals surface area contributed by atoms with Crippen LogP contribution >= 0.6 is 0 Å². The molecule has 0 aliphatic carbocycles. The first-order chi connectivity index (χ1) is 13.6. The average Bonchev–Trinajstić information content (AvgIpc) is 2.67. The van der Waals surface area contributed by atoms with E-state index in [2.05, 4.69) is 10.0 Å². The topological polar surface area (TPSA) is 125 Å². The van der Waals surface area contributed by atoms with Crippen LogP contribution < -0.4 is 10.0 Å². The Kier molecular flexibility index (Phi) is 7.57. The highest BCUT2D eigenvalue weighted by Crippen LogP contribution is 2.15. The number of nitrogens with zero attached hydrogens (tertiary/aromatic N) is 2. The number of anilines is 1. The van der Waals surface area contributed by atoms with Crippen molar-refractivity contribution in [2.75, 3.05) is 38.1 Å². The lowest BCUT2D eigenvalue weighted by Gasteiger charge is -2.35. The molecule has 1 aromatic rings. The number of hydrogen-bond acceptors (Lipinski definition) is 6. The summed E-state index contributed by atoms with van der Waals surface area (Å²) in [5.74, 6) is -0.632. The molecule has 0 unspecified atom stereocenters. The number of amides is 3. The zero-order valence-electron chi connectivity index (χ0n) is 16.7. The molecular weight excluding hydrogens is 400 g/mol. The Labute approximate surface area is 170 Å². The van der Waals surface area contributed by atoms with E-state index >= 15 is 0 Å². The summed E-state index contributed by atoms with van der Waals surface area (Å²) in [7, 11) is -3.91. The van der Waals surface area contributed by atoms with Crippen LogP contribution in [0.3, 0.4) is 0 Å². The summed E-state index contributed by atoms with van der Waals surface area (Å²) in [6, 6.07) is 4.67. The fraction of sp³-hybridized carbons (Fsp3) is 0.500. The Morgan fingerprint density at radius 2 is 1.62 bits per heavy atom. The standard InChI is InChI=1S/C18H26N4O6S/c1-4-28-18(25)22-11-9-21(10-12-22)17(24)13(2)20-29(26,27)16-7-5-15(6-8-16)19-14(3)23/h5-8,13,20H,4,9-12H2,1-3H3,(H,19,23)/t13-/m0/s1. The van der Waals surface area contributed by atoms with Gasteiger partial charge in [0.15, 0.2) is 0 Å². The Balaban J connectivity index is 1.94. The second kappa shape index (κ2) is 9.70.